The number of carboxylic acid groups (broad SMARTS) is 1. The fourth-order valence-electron chi connectivity index (χ4n) is 1.92. The normalized spacial score (nSPS) is 12.0. The Morgan fingerprint density at radius 3 is 2.48 bits per heavy atom. The number of carbonyl (C=O) groups is 1. The maximum absolute atomic E-state index is 13.8. The highest BCUT2D eigenvalue weighted by atomic mass is 19.2. The molecule has 0 radical (unpaired) electrons. The quantitative estimate of drug-likeness (QED) is 0.897. The topological polar surface area (TPSA) is 49.3 Å². The average molecular weight is 295 g/mol. The van der Waals surface area contributed by atoms with Crippen molar-refractivity contribution in [3.63, 3.8) is 0 Å². The van der Waals surface area contributed by atoms with Gasteiger partial charge >= 0.3 is 5.97 Å². The molecule has 0 heterocycles. The van der Waals surface area contributed by atoms with Crippen LogP contribution < -0.4 is 5.32 Å². The Hall–Kier alpha value is -2.50. The lowest BCUT2D eigenvalue weighted by Gasteiger charge is -2.17. The second kappa shape index (κ2) is 5.87. The van der Waals surface area contributed by atoms with Crippen LogP contribution in [-0.4, -0.2) is 11.1 Å². The van der Waals surface area contributed by atoms with Gasteiger partial charge in [0.1, 0.15) is 5.82 Å². The summed E-state index contributed by atoms with van der Waals surface area (Å²) >= 11 is 0. The van der Waals surface area contributed by atoms with E-state index < -0.39 is 35.0 Å². The number of benzene rings is 2. The van der Waals surface area contributed by atoms with Gasteiger partial charge in [0, 0.05) is 6.04 Å². The van der Waals surface area contributed by atoms with Crippen molar-refractivity contribution in [3.05, 3.63) is 65.0 Å². The van der Waals surface area contributed by atoms with Gasteiger partial charge in [-0.2, -0.15) is 0 Å². The highest BCUT2D eigenvalue weighted by molar-refractivity contribution is 5.88. The molecule has 3 nitrogen and oxygen atoms in total. The van der Waals surface area contributed by atoms with Crippen LogP contribution in [0.25, 0.3) is 0 Å². The van der Waals surface area contributed by atoms with Crippen molar-refractivity contribution in [2.45, 2.75) is 13.0 Å². The van der Waals surface area contributed by atoms with E-state index in [0.717, 1.165) is 12.1 Å². The van der Waals surface area contributed by atoms with E-state index in [1.807, 2.05) is 0 Å². The second-order valence-corrected chi connectivity index (χ2v) is 4.51. The first-order valence-electron chi connectivity index (χ1n) is 6.13. The number of aromatic carboxylic acids is 1. The summed E-state index contributed by atoms with van der Waals surface area (Å²) < 4.78 is 40.5. The van der Waals surface area contributed by atoms with E-state index in [1.54, 1.807) is 13.0 Å². The molecule has 0 aromatic heterocycles. The number of anilines is 1. The summed E-state index contributed by atoms with van der Waals surface area (Å²) in [5.41, 5.74) is -0.372. The van der Waals surface area contributed by atoms with E-state index in [1.165, 1.54) is 18.2 Å². The van der Waals surface area contributed by atoms with Crippen molar-refractivity contribution in [2.75, 3.05) is 5.32 Å². The lowest BCUT2D eigenvalue weighted by Crippen LogP contribution is -2.11. The van der Waals surface area contributed by atoms with E-state index in [9.17, 15) is 18.0 Å². The third kappa shape index (κ3) is 3.16. The third-order valence-electron chi connectivity index (χ3n) is 3.03. The standard InChI is InChI=1S/C15H12F3NO2/c1-8(9-3-2-4-10(16)7-9)19-12-6-5-11(15(20)21)13(17)14(12)18/h2-8,19H,1H3,(H,20,21). The zero-order valence-corrected chi connectivity index (χ0v) is 11.0. The minimum absolute atomic E-state index is 0.186. The smallest absolute Gasteiger partial charge is 0.338 e. The maximum atomic E-state index is 13.8. The predicted octanol–water partition coefficient (Wildman–Crippen LogP) is 3.98. The van der Waals surface area contributed by atoms with Gasteiger partial charge in [-0.15, -0.1) is 0 Å². The molecule has 6 heteroatoms. The summed E-state index contributed by atoms with van der Waals surface area (Å²) in [4.78, 5) is 10.7. The Morgan fingerprint density at radius 2 is 1.86 bits per heavy atom. The molecular weight excluding hydrogens is 283 g/mol. The second-order valence-electron chi connectivity index (χ2n) is 4.51. The summed E-state index contributed by atoms with van der Waals surface area (Å²) in [5, 5.41) is 11.4. The molecule has 0 saturated heterocycles. The van der Waals surface area contributed by atoms with Gasteiger partial charge in [-0.3, -0.25) is 0 Å². The highest BCUT2D eigenvalue weighted by Gasteiger charge is 2.19. The van der Waals surface area contributed by atoms with E-state index >= 15 is 0 Å². The Balaban J connectivity index is 2.28. The first-order valence-corrected chi connectivity index (χ1v) is 6.13. The van der Waals surface area contributed by atoms with E-state index in [2.05, 4.69) is 5.32 Å². The molecule has 2 aromatic rings. The van der Waals surface area contributed by atoms with Gasteiger partial charge in [-0.1, -0.05) is 12.1 Å². The first kappa shape index (κ1) is 14.9. The summed E-state index contributed by atoms with van der Waals surface area (Å²) in [6, 6.07) is 7.33. The van der Waals surface area contributed by atoms with Crippen LogP contribution in [0, 0.1) is 17.5 Å². The van der Waals surface area contributed by atoms with Crippen molar-refractivity contribution >= 4 is 11.7 Å². The molecule has 0 fully saturated rings. The van der Waals surface area contributed by atoms with Crippen LogP contribution in [0.2, 0.25) is 0 Å². The Bertz CT molecular complexity index is 689. The van der Waals surface area contributed by atoms with Gasteiger partial charge in [-0.05, 0) is 36.8 Å². The Labute approximate surface area is 119 Å². The van der Waals surface area contributed by atoms with Crippen molar-refractivity contribution in [3.8, 4) is 0 Å². The summed E-state index contributed by atoms with van der Waals surface area (Å²) in [5.74, 6) is -4.69. The molecule has 0 aliphatic heterocycles. The molecule has 21 heavy (non-hydrogen) atoms. The minimum atomic E-state index is -1.55. The summed E-state index contributed by atoms with van der Waals surface area (Å²) in [6.45, 7) is 1.65. The van der Waals surface area contributed by atoms with Crippen LogP contribution in [-0.2, 0) is 0 Å². The monoisotopic (exact) mass is 295 g/mol. The van der Waals surface area contributed by atoms with Gasteiger partial charge in [0.2, 0.25) is 0 Å². The number of carboxylic acids is 1. The molecule has 2 rings (SSSR count). The molecule has 110 valence electrons. The predicted molar refractivity (Wildman–Crippen MR) is 71.8 cm³/mol. The average Bonchev–Trinajstić information content (AvgIpc) is 2.43. The number of rotatable bonds is 4. The van der Waals surface area contributed by atoms with E-state index in [-0.39, 0.29) is 5.69 Å². The molecular formula is C15H12F3NO2. The van der Waals surface area contributed by atoms with Gasteiger partial charge < -0.3 is 10.4 Å². The van der Waals surface area contributed by atoms with Gasteiger partial charge in [-0.25, -0.2) is 18.0 Å². The maximum Gasteiger partial charge on any atom is 0.338 e. The van der Waals surface area contributed by atoms with Crippen LogP contribution in [0.1, 0.15) is 28.9 Å². The fraction of sp³-hybridized carbons (Fsp3) is 0.133. The van der Waals surface area contributed by atoms with Gasteiger partial charge in [0.15, 0.2) is 11.6 Å². The molecule has 2 N–H and O–H groups in total. The molecule has 0 spiro atoms. The molecule has 0 saturated carbocycles. The minimum Gasteiger partial charge on any atom is -0.478 e. The van der Waals surface area contributed by atoms with E-state index in [0.29, 0.717) is 5.56 Å². The van der Waals surface area contributed by atoms with Crippen molar-refractivity contribution < 1.29 is 23.1 Å². The van der Waals surface area contributed by atoms with Crippen LogP contribution in [0.15, 0.2) is 36.4 Å². The molecule has 2 aromatic carbocycles. The van der Waals surface area contributed by atoms with Crippen molar-refractivity contribution in [1.82, 2.24) is 0 Å². The molecule has 1 unspecified atom stereocenters. The molecule has 0 aliphatic rings. The van der Waals surface area contributed by atoms with Crippen LogP contribution >= 0.6 is 0 Å². The largest absolute Gasteiger partial charge is 0.478 e. The number of nitrogens with one attached hydrogen (secondary N) is 1. The van der Waals surface area contributed by atoms with Crippen LogP contribution in [0.4, 0.5) is 18.9 Å². The summed E-state index contributed by atoms with van der Waals surface area (Å²) in [6.07, 6.45) is 0. The first-order chi connectivity index (χ1) is 9.90. The van der Waals surface area contributed by atoms with Crippen molar-refractivity contribution in [2.24, 2.45) is 0 Å². The SMILES string of the molecule is CC(Nc1ccc(C(=O)O)c(F)c1F)c1cccc(F)c1. The van der Waals surface area contributed by atoms with Gasteiger partial charge in [0.05, 0.1) is 11.3 Å². The number of halogens is 3. The Kier molecular flexibility index (Phi) is 4.16. The fourth-order valence-corrected chi connectivity index (χ4v) is 1.92. The molecule has 1 atom stereocenters. The van der Waals surface area contributed by atoms with Gasteiger partial charge in [0.25, 0.3) is 0 Å². The van der Waals surface area contributed by atoms with Crippen LogP contribution in [0.5, 0.6) is 0 Å². The zero-order valence-electron chi connectivity index (χ0n) is 11.0. The molecule has 0 aliphatic carbocycles. The third-order valence-corrected chi connectivity index (χ3v) is 3.03. The van der Waals surface area contributed by atoms with E-state index in [4.69, 9.17) is 5.11 Å². The molecule has 0 bridgehead atoms. The van der Waals surface area contributed by atoms with Crippen LogP contribution in [0.3, 0.4) is 0 Å². The summed E-state index contributed by atoms with van der Waals surface area (Å²) in [7, 11) is 0. The number of hydrogen-bond donors (Lipinski definition) is 2. The zero-order chi connectivity index (χ0) is 15.6. The van der Waals surface area contributed by atoms with Crippen molar-refractivity contribution in [1.29, 1.82) is 0 Å². The Morgan fingerprint density at radius 1 is 1.14 bits per heavy atom. The molecule has 0 amide bonds. The lowest BCUT2D eigenvalue weighted by molar-refractivity contribution is 0.0690. The number of hydrogen-bond acceptors (Lipinski definition) is 2. The lowest BCUT2D eigenvalue weighted by atomic mass is 10.1. The highest BCUT2D eigenvalue weighted by Crippen LogP contribution is 2.25.